The van der Waals surface area contributed by atoms with E-state index < -0.39 is 5.97 Å². The molecule has 1 atom stereocenters. The SMILES string of the molecule is CC(COc1ccc(F)cc1)CC(=O)O. The smallest absolute Gasteiger partial charge is 0.303 e. The molecule has 0 saturated heterocycles. The molecule has 1 rings (SSSR count). The molecule has 1 unspecified atom stereocenters. The van der Waals surface area contributed by atoms with Crippen LogP contribution in [-0.2, 0) is 4.79 Å². The second-order valence-electron chi connectivity index (χ2n) is 3.47. The van der Waals surface area contributed by atoms with Crippen molar-refractivity contribution >= 4 is 5.97 Å². The van der Waals surface area contributed by atoms with Gasteiger partial charge in [-0.05, 0) is 24.3 Å². The lowest BCUT2D eigenvalue weighted by Crippen LogP contribution is -2.12. The molecule has 0 spiro atoms. The molecule has 1 aromatic rings. The number of aliphatic carboxylic acids is 1. The summed E-state index contributed by atoms with van der Waals surface area (Å²) < 4.78 is 17.8. The van der Waals surface area contributed by atoms with Crippen molar-refractivity contribution in [2.75, 3.05) is 6.61 Å². The molecule has 0 amide bonds. The Labute approximate surface area is 87.5 Å². The van der Waals surface area contributed by atoms with Gasteiger partial charge in [0.15, 0.2) is 0 Å². The van der Waals surface area contributed by atoms with Crippen LogP contribution in [0.1, 0.15) is 13.3 Å². The van der Waals surface area contributed by atoms with Gasteiger partial charge in [0.05, 0.1) is 13.0 Å². The van der Waals surface area contributed by atoms with E-state index in [0.717, 1.165) is 0 Å². The Hall–Kier alpha value is -1.58. The summed E-state index contributed by atoms with van der Waals surface area (Å²) in [5, 5.41) is 8.51. The number of hydrogen-bond acceptors (Lipinski definition) is 2. The van der Waals surface area contributed by atoms with Crippen molar-refractivity contribution in [3.8, 4) is 5.75 Å². The molecule has 0 fully saturated rings. The fourth-order valence-electron chi connectivity index (χ4n) is 1.13. The van der Waals surface area contributed by atoms with Crippen molar-refractivity contribution in [3.05, 3.63) is 30.1 Å². The van der Waals surface area contributed by atoms with Crippen LogP contribution in [0.5, 0.6) is 5.75 Å². The van der Waals surface area contributed by atoms with Gasteiger partial charge >= 0.3 is 5.97 Å². The zero-order chi connectivity index (χ0) is 11.3. The van der Waals surface area contributed by atoms with Crippen LogP contribution >= 0.6 is 0 Å². The normalized spacial score (nSPS) is 12.1. The number of benzene rings is 1. The molecule has 0 bridgehead atoms. The molecule has 0 heterocycles. The minimum Gasteiger partial charge on any atom is -0.493 e. The molecule has 0 aliphatic carbocycles. The maximum atomic E-state index is 12.5. The Morgan fingerprint density at radius 2 is 2.07 bits per heavy atom. The van der Waals surface area contributed by atoms with E-state index in [1.54, 1.807) is 6.92 Å². The van der Waals surface area contributed by atoms with Crippen molar-refractivity contribution in [2.24, 2.45) is 5.92 Å². The van der Waals surface area contributed by atoms with Crippen LogP contribution in [0.4, 0.5) is 4.39 Å². The third kappa shape index (κ3) is 4.44. The van der Waals surface area contributed by atoms with Crippen molar-refractivity contribution in [2.45, 2.75) is 13.3 Å². The van der Waals surface area contributed by atoms with E-state index in [1.807, 2.05) is 0 Å². The van der Waals surface area contributed by atoms with Crippen LogP contribution in [0.3, 0.4) is 0 Å². The Morgan fingerprint density at radius 1 is 1.47 bits per heavy atom. The Balaban J connectivity index is 2.36. The molecular weight excluding hydrogens is 199 g/mol. The summed E-state index contributed by atoms with van der Waals surface area (Å²) in [7, 11) is 0. The quantitative estimate of drug-likeness (QED) is 0.814. The van der Waals surface area contributed by atoms with Gasteiger partial charge in [0.1, 0.15) is 11.6 Å². The number of halogens is 1. The standard InChI is InChI=1S/C11H13FO3/c1-8(6-11(13)14)7-15-10-4-2-9(12)3-5-10/h2-5,8H,6-7H2,1H3,(H,13,14). The van der Waals surface area contributed by atoms with Crippen LogP contribution in [0, 0.1) is 11.7 Å². The lowest BCUT2D eigenvalue weighted by atomic mass is 10.1. The van der Waals surface area contributed by atoms with Crippen LogP contribution in [0.15, 0.2) is 24.3 Å². The first-order valence-electron chi connectivity index (χ1n) is 4.68. The average Bonchev–Trinajstić information content (AvgIpc) is 2.16. The van der Waals surface area contributed by atoms with Gasteiger partial charge in [0.25, 0.3) is 0 Å². The molecule has 0 aliphatic heterocycles. The van der Waals surface area contributed by atoms with E-state index in [4.69, 9.17) is 9.84 Å². The van der Waals surface area contributed by atoms with Gasteiger partial charge in [-0.3, -0.25) is 4.79 Å². The van der Waals surface area contributed by atoms with E-state index >= 15 is 0 Å². The summed E-state index contributed by atoms with van der Waals surface area (Å²) in [6, 6.07) is 5.64. The highest BCUT2D eigenvalue weighted by atomic mass is 19.1. The van der Waals surface area contributed by atoms with Gasteiger partial charge < -0.3 is 9.84 Å². The number of hydrogen-bond donors (Lipinski definition) is 1. The first-order valence-corrected chi connectivity index (χ1v) is 4.68. The van der Waals surface area contributed by atoms with Gasteiger partial charge in [0.2, 0.25) is 0 Å². The summed E-state index contributed by atoms with van der Waals surface area (Å²) >= 11 is 0. The van der Waals surface area contributed by atoms with E-state index in [-0.39, 0.29) is 18.2 Å². The molecule has 4 heteroatoms. The first kappa shape index (κ1) is 11.5. The summed E-state index contributed by atoms with van der Waals surface area (Å²) in [5.74, 6) is -0.674. The van der Waals surface area contributed by atoms with Gasteiger partial charge in [-0.1, -0.05) is 6.92 Å². The second kappa shape index (κ2) is 5.34. The Morgan fingerprint density at radius 3 is 2.60 bits per heavy atom. The van der Waals surface area contributed by atoms with E-state index in [9.17, 15) is 9.18 Å². The minimum absolute atomic E-state index is 0.0625. The summed E-state index contributed by atoms with van der Waals surface area (Å²) in [6.45, 7) is 2.11. The van der Waals surface area contributed by atoms with Crippen molar-refractivity contribution in [1.82, 2.24) is 0 Å². The van der Waals surface area contributed by atoms with Gasteiger partial charge in [-0.25, -0.2) is 4.39 Å². The molecule has 3 nitrogen and oxygen atoms in total. The molecular formula is C11H13FO3. The maximum Gasteiger partial charge on any atom is 0.303 e. The Bertz CT molecular complexity index is 321. The first-order chi connectivity index (χ1) is 7.08. The molecule has 15 heavy (non-hydrogen) atoms. The molecule has 1 N–H and O–H groups in total. The van der Waals surface area contributed by atoms with Gasteiger partial charge in [-0.2, -0.15) is 0 Å². The third-order valence-electron chi connectivity index (χ3n) is 1.87. The van der Waals surface area contributed by atoms with Crippen LogP contribution < -0.4 is 4.74 Å². The number of carboxylic acids is 1. The summed E-state index contributed by atoms with van der Waals surface area (Å²) in [4.78, 5) is 10.4. The molecule has 1 aromatic carbocycles. The van der Waals surface area contributed by atoms with E-state index in [2.05, 4.69) is 0 Å². The fourth-order valence-corrected chi connectivity index (χ4v) is 1.13. The second-order valence-corrected chi connectivity index (χ2v) is 3.47. The largest absolute Gasteiger partial charge is 0.493 e. The molecule has 0 saturated carbocycles. The van der Waals surface area contributed by atoms with Gasteiger partial charge in [-0.15, -0.1) is 0 Å². The minimum atomic E-state index is -0.842. The van der Waals surface area contributed by atoms with Crippen LogP contribution in [0.25, 0.3) is 0 Å². The third-order valence-corrected chi connectivity index (χ3v) is 1.87. The van der Waals surface area contributed by atoms with Crippen molar-refractivity contribution in [1.29, 1.82) is 0 Å². The molecule has 0 aliphatic rings. The monoisotopic (exact) mass is 212 g/mol. The number of carbonyl (C=O) groups is 1. The number of ether oxygens (including phenoxy) is 1. The molecule has 82 valence electrons. The van der Waals surface area contributed by atoms with Gasteiger partial charge in [0, 0.05) is 5.92 Å². The van der Waals surface area contributed by atoms with E-state index in [1.165, 1.54) is 24.3 Å². The van der Waals surface area contributed by atoms with Crippen LogP contribution in [0.2, 0.25) is 0 Å². The molecule has 0 aromatic heterocycles. The van der Waals surface area contributed by atoms with E-state index in [0.29, 0.717) is 12.4 Å². The molecule has 0 radical (unpaired) electrons. The Kier molecular flexibility index (Phi) is 4.09. The highest BCUT2D eigenvalue weighted by molar-refractivity contribution is 5.66. The van der Waals surface area contributed by atoms with Crippen molar-refractivity contribution in [3.63, 3.8) is 0 Å². The van der Waals surface area contributed by atoms with Crippen LogP contribution in [-0.4, -0.2) is 17.7 Å². The highest BCUT2D eigenvalue weighted by Gasteiger charge is 2.08. The topological polar surface area (TPSA) is 46.5 Å². The number of carboxylic acid groups (broad SMARTS) is 1. The highest BCUT2D eigenvalue weighted by Crippen LogP contribution is 2.13. The lowest BCUT2D eigenvalue weighted by molar-refractivity contribution is -0.138. The average molecular weight is 212 g/mol. The zero-order valence-electron chi connectivity index (χ0n) is 8.44. The summed E-state index contributed by atoms with van der Waals surface area (Å²) in [5.41, 5.74) is 0. The fraction of sp³-hybridized carbons (Fsp3) is 0.364. The predicted octanol–water partition coefficient (Wildman–Crippen LogP) is 2.32. The summed E-state index contributed by atoms with van der Waals surface area (Å²) in [6.07, 6.45) is 0.0706. The van der Waals surface area contributed by atoms with Crippen molar-refractivity contribution < 1.29 is 19.0 Å². The predicted molar refractivity (Wildman–Crippen MR) is 53.3 cm³/mol. The maximum absolute atomic E-state index is 12.5. The lowest BCUT2D eigenvalue weighted by Gasteiger charge is -2.10. The number of rotatable bonds is 5. The zero-order valence-corrected chi connectivity index (χ0v) is 8.44.